The lowest BCUT2D eigenvalue weighted by atomic mass is 10.0. The molecule has 0 aliphatic carbocycles. The first-order valence-corrected chi connectivity index (χ1v) is 18.2. The van der Waals surface area contributed by atoms with Gasteiger partial charge in [-0.05, 0) is 23.0 Å². The summed E-state index contributed by atoms with van der Waals surface area (Å²) in [6, 6.07) is 0. The molecule has 0 aliphatic rings. The van der Waals surface area contributed by atoms with Gasteiger partial charge in [-0.15, -0.1) is 0 Å². The van der Waals surface area contributed by atoms with Crippen LogP contribution in [0.1, 0.15) is 193 Å². The van der Waals surface area contributed by atoms with Gasteiger partial charge in [0.1, 0.15) is 0 Å². The summed E-state index contributed by atoms with van der Waals surface area (Å²) in [5, 5.41) is 0. The van der Waals surface area contributed by atoms with E-state index in [2.05, 4.69) is 35.2 Å². The zero-order chi connectivity index (χ0) is 24.6. The minimum atomic E-state index is 1.07. The molecule has 206 valence electrons. The van der Waals surface area contributed by atoms with Gasteiger partial charge < -0.3 is 0 Å². The highest BCUT2D eigenvalue weighted by atomic mass is 127. The van der Waals surface area contributed by atoms with Crippen LogP contribution in [-0.2, 0) is 0 Å². The van der Waals surface area contributed by atoms with Gasteiger partial charge in [-0.3, -0.25) is 0 Å². The summed E-state index contributed by atoms with van der Waals surface area (Å²) in [4.78, 5) is 0. The number of rotatable bonds is 31. The second-order valence-corrected chi connectivity index (χ2v) is 12.5. The zero-order valence-corrected chi connectivity index (χ0v) is 26.5. The van der Waals surface area contributed by atoms with Crippen molar-refractivity contribution in [3.8, 4) is 0 Å². The summed E-state index contributed by atoms with van der Waals surface area (Å²) < 4.78 is 1.34. The Labute approximate surface area is 236 Å². The van der Waals surface area contributed by atoms with Crippen molar-refractivity contribution in [1.82, 2.24) is 0 Å². The molecular weight excluding hydrogens is 543 g/mol. The predicted molar refractivity (Wildman–Crippen MR) is 171 cm³/mol. The molecule has 2 heteroatoms. The summed E-state index contributed by atoms with van der Waals surface area (Å²) in [7, 11) is 0. The van der Waals surface area contributed by atoms with Crippen molar-refractivity contribution in [3.63, 3.8) is 0 Å². The van der Waals surface area contributed by atoms with Crippen LogP contribution < -0.4 is 0 Å². The molecule has 0 aromatic rings. The van der Waals surface area contributed by atoms with Crippen LogP contribution in [0.15, 0.2) is 0 Å². The second kappa shape index (κ2) is 34.1. The van der Waals surface area contributed by atoms with Crippen molar-refractivity contribution in [1.29, 1.82) is 0 Å². The fourth-order valence-corrected chi connectivity index (χ4v) is 5.92. The van der Waals surface area contributed by atoms with Crippen LogP contribution in [0.3, 0.4) is 0 Å². The van der Waals surface area contributed by atoms with E-state index in [0.717, 1.165) is 5.75 Å². The fraction of sp³-hybridized carbons (Fsp3) is 1.00. The van der Waals surface area contributed by atoms with Gasteiger partial charge in [0.2, 0.25) is 0 Å². The Morgan fingerprint density at radius 3 is 0.529 bits per heavy atom. The van der Waals surface area contributed by atoms with E-state index in [-0.39, 0.29) is 0 Å². The molecule has 0 saturated heterocycles. The SMILES string of the molecule is SCCCCCCCCCCCCCCCCCCCCCCCCCCCCCCCCI. The van der Waals surface area contributed by atoms with Crippen molar-refractivity contribution in [3.05, 3.63) is 0 Å². The molecule has 0 atom stereocenters. The lowest BCUT2D eigenvalue weighted by Gasteiger charge is -2.04. The molecule has 0 bridgehead atoms. The summed E-state index contributed by atoms with van der Waals surface area (Å²) in [6.45, 7) is 0. The Morgan fingerprint density at radius 1 is 0.235 bits per heavy atom. The van der Waals surface area contributed by atoms with Crippen LogP contribution >= 0.6 is 35.2 Å². The average Bonchev–Trinajstić information content (AvgIpc) is 2.85. The van der Waals surface area contributed by atoms with Crippen molar-refractivity contribution in [2.75, 3.05) is 10.2 Å². The van der Waals surface area contributed by atoms with Crippen LogP contribution in [0.25, 0.3) is 0 Å². The van der Waals surface area contributed by atoms with E-state index in [1.54, 1.807) is 0 Å². The third kappa shape index (κ3) is 33.1. The zero-order valence-electron chi connectivity index (χ0n) is 23.5. The maximum atomic E-state index is 4.28. The van der Waals surface area contributed by atoms with E-state index in [1.165, 1.54) is 197 Å². The minimum Gasteiger partial charge on any atom is -0.179 e. The van der Waals surface area contributed by atoms with E-state index in [4.69, 9.17) is 0 Å². The molecule has 0 aromatic carbocycles. The van der Waals surface area contributed by atoms with Gasteiger partial charge in [0.25, 0.3) is 0 Å². The van der Waals surface area contributed by atoms with Gasteiger partial charge in [-0.1, -0.05) is 202 Å². The van der Waals surface area contributed by atoms with Crippen molar-refractivity contribution in [2.24, 2.45) is 0 Å². The molecule has 0 unspecified atom stereocenters. The fourth-order valence-electron chi connectivity index (χ4n) is 5.16. The lowest BCUT2D eigenvalue weighted by molar-refractivity contribution is 0.513. The minimum absolute atomic E-state index is 1.07. The Hall–Kier alpha value is 1.08. The van der Waals surface area contributed by atoms with Gasteiger partial charge in [0.15, 0.2) is 0 Å². The topological polar surface area (TPSA) is 0 Å². The van der Waals surface area contributed by atoms with Gasteiger partial charge in [-0.2, -0.15) is 12.6 Å². The van der Waals surface area contributed by atoms with Crippen LogP contribution in [0.4, 0.5) is 0 Å². The van der Waals surface area contributed by atoms with Crippen LogP contribution in [-0.4, -0.2) is 10.2 Å². The number of hydrogen-bond donors (Lipinski definition) is 1. The van der Waals surface area contributed by atoms with Gasteiger partial charge in [-0.25, -0.2) is 0 Å². The molecule has 0 saturated carbocycles. The molecule has 0 fully saturated rings. The monoisotopic (exact) mass is 608 g/mol. The summed E-state index contributed by atoms with van der Waals surface area (Å²) in [6.07, 6.45) is 44.1. The smallest absolute Gasteiger partial charge is 0.000473 e. The first-order chi connectivity index (χ1) is 16.9. The summed E-state index contributed by atoms with van der Waals surface area (Å²) in [5.74, 6) is 1.07. The maximum Gasteiger partial charge on any atom is -0.000473 e. The highest BCUT2D eigenvalue weighted by Crippen LogP contribution is 2.16. The summed E-state index contributed by atoms with van der Waals surface area (Å²) in [5.41, 5.74) is 0. The number of halogens is 1. The van der Waals surface area contributed by atoms with Gasteiger partial charge >= 0.3 is 0 Å². The molecule has 0 rings (SSSR count). The molecule has 0 spiro atoms. The van der Waals surface area contributed by atoms with Crippen molar-refractivity contribution < 1.29 is 0 Å². The first kappa shape index (κ1) is 35.1. The molecule has 0 aromatic heterocycles. The number of thiol groups is 1. The third-order valence-electron chi connectivity index (χ3n) is 7.54. The second-order valence-electron chi connectivity index (χ2n) is 11.0. The Kier molecular flexibility index (Phi) is 35.2. The van der Waals surface area contributed by atoms with Gasteiger partial charge in [0, 0.05) is 0 Å². The maximum absolute atomic E-state index is 4.28. The molecule has 0 heterocycles. The molecular formula is C32H65IS. The largest absolute Gasteiger partial charge is 0.179 e. The standard InChI is InChI=1S/C32H65IS/c33-31-29-27-25-23-21-19-17-15-13-11-9-7-5-3-1-2-4-6-8-10-12-14-16-18-20-22-24-26-28-30-32-34/h34H,1-32H2. The lowest BCUT2D eigenvalue weighted by Crippen LogP contribution is -1.85. The van der Waals surface area contributed by atoms with E-state index in [1.807, 2.05) is 0 Å². The molecule has 0 radical (unpaired) electrons. The van der Waals surface area contributed by atoms with E-state index >= 15 is 0 Å². The van der Waals surface area contributed by atoms with Gasteiger partial charge in [0.05, 0.1) is 0 Å². The first-order valence-electron chi connectivity index (χ1n) is 16.1. The molecule has 34 heavy (non-hydrogen) atoms. The Balaban J connectivity index is 2.99. The highest BCUT2D eigenvalue weighted by Gasteiger charge is 1.97. The van der Waals surface area contributed by atoms with Crippen molar-refractivity contribution in [2.45, 2.75) is 193 Å². The quantitative estimate of drug-likeness (QED) is 0.0344. The van der Waals surface area contributed by atoms with Crippen LogP contribution in [0.5, 0.6) is 0 Å². The third-order valence-corrected chi connectivity index (χ3v) is 8.62. The average molecular weight is 609 g/mol. The predicted octanol–water partition coefficient (Wildman–Crippen LogP) is 13.1. The van der Waals surface area contributed by atoms with E-state index < -0.39 is 0 Å². The molecule has 0 amide bonds. The normalized spacial score (nSPS) is 11.5. The van der Waals surface area contributed by atoms with Crippen LogP contribution in [0.2, 0.25) is 0 Å². The Morgan fingerprint density at radius 2 is 0.382 bits per heavy atom. The van der Waals surface area contributed by atoms with E-state index in [0.29, 0.717) is 0 Å². The number of hydrogen-bond acceptors (Lipinski definition) is 1. The van der Waals surface area contributed by atoms with Crippen LogP contribution in [0, 0.1) is 0 Å². The molecule has 0 aliphatic heterocycles. The Bertz CT molecular complexity index is 301. The molecule has 0 N–H and O–H groups in total. The van der Waals surface area contributed by atoms with Crippen molar-refractivity contribution >= 4 is 35.2 Å². The van der Waals surface area contributed by atoms with E-state index in [9.17, 15) is 0 Å². The summed E-state index contributed by atoms with van der Waals surface area (Å²) >= 11 is 6.78. The number of unbranched alkanes of at least 4 members (excludes halogenated alkanes) is 29. The molecule has 0 nitrogen and oxygen atoms in total. The highest BCUT2D eigenvalue weighted by molar-refractivity contribution is 14.1. The number of alkyl halides is 1.